The summed E-state index contributed by atoms with van der Waals surface area (Å²) < 4.78 is 6.29. The van der Waals surface area contributed by atoms with Crippen LogP contribution in [0.4, 0.5) is 5.82 Å². The van der Waals surface area contributed by atoms with E-state index in [0.29, 0.717) is 24.4 Å². The summed E-state index contributed by atoms with van der Waals surface area (Å²) in [5, 5.41) is 2.65. The molecule has 1 aliphatic rings. The number of ether oxygens (including phenoxy) is 1. The molecule has 1 aromatic heterocycles. The maximum absolute atomic E-state index is 11.7. The average molecular weight is 299 g/mol. The molecule has 2 heterocycles. The molecule has 0 saturated heterocycles. The number of ketones is 1. The smallest absolute Gasteiger partial charge is 0.266 e. The Balaban J connectivity index is 2.14. The average Bonchev–Trinajstić information content (AvgIpc) is 2.26. The number of hydrogen-bond acceptors (Lipinski definition) is 4. The molecule has 1 aliphatic heterocycles. The number of amides is 1. The first-order valence-electron chi connectivity index (χ1n) is 5.19. The first-order valence-corrected chi connectivity index (χ1v) is 5.98. The van der Waals surface area contributed by atoms with E-state index in [1.54, 1.807) is 12.3 Å². The van der Waals surface area contributed by atoms with Gasteiger partial charge in [0.1, 0.15) is 5.78 Å². The quantitative estimate of drug-likeness (QED) is 0.925. The zero-order valence-corrected chi connectivity index (χ0v) is 10.8. The Hall–Kier alpha value is -1.43. The molecule has 0 aromatic carbocycles. The van der Waals surface area contributed by atoms with Crippen molar-refractivity contribution < 1.29 is 14.3 Å². The van der Waals surface area contributed by atoms with Gasteiger partial charge in [-0.1, -0.05) is 0 Å². The van der Waals surface area contributed by atoms with E-state index in [1.807, 2.05) is 0 Å². The number of carbonyl (C=O) groups excluding carboxylic acids is 2. The van der Waals surface area contributed by atoms with E-state index in [2.05, 4.69) is 26.2 Å². The van der Waals surface area contributed by atoms with Crippen LogP contribution in [0.2, 0.25) is 0 Å². The van der Waals surface area contributed by atoms with Gasteiger partial charge < -0.3 is 14.8 Å². The van der Waals surface area contributed by atoms with Crippen LogP contribution in [0.5, 0.6) is 5.75 Å². The van der Waals surface area contributed by atoms with Crippen molar-refractivity contribution in [2.24, 2.45) is 0 Å². The zero-order valence-electron chi connectivity index (χ0n) is 9.20. The number of aromatic nitrogens is 1. The maximum Gasteiger partial charge on any atom is 0.266 e. The number of carbonyl (C=O) groups is 2. The highest BCUT2D eigenvalue weighted by molar-refractivity contribution is 9.10. The van der Waals surface area contributed by atoms with E-state index in [9.17, 15) is 9.59 Å². The van der Waals surface area contributed by atoms with Gasteiger partial charge in [-0.25, -0.2) is 4.98 Å². The molecule has 1 amide bonds. The monoisotopic (exact) mass is 298 g/mol. The molecule has 0 spiro atoms. The van der Waals surface area contributed by atoms with E-state index in [4.69, 9.17) is 4.74 Å². The second kappa shape index (κ2) is 4.83. The van der Waals surface area contributed by atoms with Gasteiger partial charge in [0.2, 0.25) is 0 Å². The second-order valence-corrected chi connectivity index (χ2v) is 4.75. The number of pyridine rings is 1. The molecule has 6 heteroatoms. The Morgan fingerprint density at radius 3 is 3.12 bits per heavy atom. The van der Waals surface area contributed by atoms with Crippen LogP contribution in [-0.4, -0.2) is 22.8 Å². The van der Waals surface area contributed by atoms with Gasteiger partial charge in [0.05, 0.1) is 0 Å². The van der Waals surface area contributed by atoms with Gasteiger partial charge in [-0.2, -0.15) is 0 Å². The summed E-state index contributed by atoms with van der Waals surface area (Å²) in [6.07, 6.45) is 1.67. The van der Waals surface area contributed by atoms with E-state index < -0.39 is 6.10 Å². The minimum Gasteiger partial charge on any atom is -0.477 e. The van der Waals surface area contributed by atoms with E-state index in [0.717, 1.165) is 4.47 Å². The summed E-state index contributed by atoms with van der Waals surface area (Å²) in [5.74, 6) is 0.720. The predicted octanol–water partition coefficient (Wildman–Crippen LogP) is 1.91. The minimum atomic E-state index is -0.623. The molecule has 0 radical (unpaired) electrons. The van der Waals surface area contributed by atoms with Gasteiger partial charge in [-0.3, -0.25) is 4.79 Å². The second-order valence-electron chi connectivity index (χ2n) is 3.84. The van der Waals surface area contributed by atoms with Gasteiger partial charge in [0, 0.05) is 23.5 Å². The van der Waals surface area contributed by atoms with E-state index in [-0.39, 0.29) is 11.7 Å². The third kappa shape index (κ3) is 2.82. The Labute approximate surface area is 107 Å². The molecule has 0 fully saturated rings. The minimum absolute atomic E-state index is 0.0413. The number of fused-ring (bicyclic) bond motifs is 1. The van der Waals surface area contributed by atoms with Crippen molar-refractivity contribution in [2.75, 3.05) is 5.32 Å². The van der Waals surface area contributed by atoms with Crippen LogP contribution in [0.15, 0.2) is 16.7 Å². The fraction of sp³-hybridized carbons (Fsp3) is 0.364. The van der Waals surface area contributed by atoms with Crippen LogP contribution < -0.4 is 10.1 Å². The van der Waals surface area contributed by atoms with Gasteiger partial charge in [-0.05, 0) is 28.9 Å². The lowest BCUT2D eigenvalue weighted by Crippen LogP contribution is -2.37. The van der Waals surface area contributed by atoms with Crippen molar-refractivity contribution in [3.63, 3.8) is 0 Å². The summed E-state index contributed by atoms with van der Waals surface area (Å²) in [6, 6.07) is 1.74. The molecule has 0 bridgehead atoms. The lowest BCUT2D eigenvalue weighted by molar-refractivity contribution is -0.124. The van der Waals surface area contributed by atoms with Gasteiger partial charge >= 0.3 is 0 Å². The Bertz CT molecular complexity index is 476. The zero-order chi connectivity index (χ0) is 12.4. The Morgan fingerprint density at radius 1 is 1.65 bits per heavy atom. The Morgan fingerprint density at radius 2 is 2.41 bits per heavy atom. The first-order chi connectivity index (χ1) is 8.06. The van der Waals surface area contributed by atoms with Crippen molar-refractivity contribution in [2.45, 2.75) is 25.9 Å². The third-order valence-corrected chi connectivity index (χ3v) is 2.81. The fourth-order valence-electron chi connectivity index (χ4n) is 1.53. The van der Waals surface area contributed by atoms with Crippen LogP contribution in [0, 0.1) is 0 Å². The van der Waals surface area contributed by atoms with Gasteiger partial charge in [0.15, 0.2) is 17.7 Å². The molecule has 1 unspecified atom stereocenters. The molecule has 1 atom stereocenters. The van der Waals surface area contributed by atoms with Gasteiger partial charge in [0.25, 0.3) is 5.91 Å². The largest absolute Gasteiger partial charge is 0.477 e. The lowest BCUT2D eigenvalue weighted by atomic mass is 10.1. The molecule has 1 N–H and O–H groups in total. The maximum atomic E-state index is 11.7. The highest BCUT2D eigenvalue weighted by Crippen LogP contribution is 2.30. The summed E-state index contributed by atoms with van der Waals surface area (Å²) >= 11 is 3.28. The molecule has 17 heavy (non-hydrogen) atoms. The van der Waals surface area contributed by atoms with Crippen LogP contribution in [-0.2, 0) is 9.59 Å². The predicted molar refractivity (Wildman–Crippen MR) is 64.9 cm³/mol. The number of halogens is 1. The molecule has 5 nitrogen and oxygen atoms in total. The van der Waals surface area contributed by atoms with Crippen LogP contribution in [0.1, 0.15) is 19.8 Å². The molecule has 90 valence electrons. The van der Waals surface area contributed by atoms with Gasteiger partial charge in [-0.15, -0.1) is 0 Å². The fourth-order valence-corrected chi connectivity index (χ4v) is 1.84. The summed E-state index contributed by atoms with van der Waals surface area (Å²) in [6.45, 7) is 1.49. The molecule has 0 saturated carbocycles. The van der Waals surface area contributed by atoms with Crippen LogP contribution >= 0.6 is 15.9 Å². The summed E-state index contributed by atoms with van der Waals surface area (Å²) in [4.78, 5) is 26.6. The van der Waals surface area contributed by atoms with E-state index in [1.165, 1.54) is 6.92 Å². The van der Waals surface area contributed by atoms with Crippen LogP contribution in [0.3, 0.4) is 0 Å². The van der Waals surface area contributed by atoms with E-state index >= 15 is 0 Å². The standard InChI is InChI=1S/C11H11BrN2O3/c1-6(15)2-3-8-11(16)14-10-9(17-8)4-7(12)5-13-10/h4-5,8H,2-3H2,1H3,(H,13,14,16). The van der Waals surface area contributed by atoms with Crippen molar-refractivity contribution in [1.29, 1.82) is 0 Å². The summed E-state index contributed by atoms with van der Waals surface area (Å²) in [5.41, 5.74) is 0. The number of nitrogens with zero attached hydrogens (tertiary/aromatic N) is 1. The van der Waals surface area contributed by atoms with Crippen LogP contribution in [0.25, 0.3) is 0 Å². The number of anilines is 1. The lowest BCUT2D eigenvalue weighted by Gasteiger charge is -2.24. The number of rotatable bonds is 3. The third-order valence-electron chi connectivity index (χ3n) is 2.38. The van der Waals surface area contributed by atoms with Crippen molar-refractivity contribution in [3.8, 4) is 5.75 Å². The SMILES string of the molecule is CC(=O)CCC1Oc2cc(Br)cnc2NC1=O. The van der Waals surface area contributed by atoms with Crippen molar-refractivity contribution in [1.82, 2.24) is 4.98 Å². The highest BCUT2D eigenvalue weighted by atomic mass is 79.9. The molecule has 1 aromatic rings. The normalized spacial score (nSPS) is 18.0. The molecule has 2 rings (SSSR count). The van der Waals surface area contributed by atoms with Crippen molar-refractivity contribution >= 4 is 33.4 Å². The first kappa shape index (κ1) is 12.0. The number of hydrogen-bond donors (Lipinski definition) is 1. The topological polar surface area (TPSA) is 68.3 Å². The number of Topliss-reactive ketones (excluding diaryl/α,β-unsaturated/α-hetero) is 1. The molecule has 0 aliphatic carbocycles. The highest BCUT2D eigenvalue weighted by Gasteiger charge is 2.28. The summed E-state index contributed by atoms with van der Waals surface area (Å²) in [7, 11) is 0. The van der Waals surface area contributed by atoms with Crippen molar-refractivity contribution in [3.05, 3.63) is 16.7 Å². The molecular formula is C11H11BrN2O3. The molecular weight excluding hydrogens is 288 g/mol. The Kier molecular flexibility index (Phi) is 3.42. The number of nitrogens with one attached hydrogen (secondary N) is 1.